The fourth-order valence-electron chi connectivity index (χ4n) is 0.718. The highest BCUT2D eigenvalue weighted by molar-refractivity contribution is 7.88. The lowest BCUT2D eigenvalue weighted by molar-refractivity contribution is 0.199. The van der Waals surface area contributed by atoms with Crippen LogP contribution in [0.3, 0.4) is 0 Å². The van der Waals surface area contributed by atoms with Gasteiger partial charge in [0.2, 0.25) is 10.0 Å². The Hall–Kier alpha value is -1.15. The predicted octanol–water partition coefficient (Wildman–Crippen LogP) is -0.868. The van der Waals surface area contributed by atoms with Gasteiger partial charge in [0.1, 0.15) is 0 Å². The van der Waals surface area contributed by atoms with Gasteiger partial charge in [-0.05, 0) is 6.92 Å². The van der Waals surface area contributed by atoms with Crippen molar-refractivity contribution in [1.29, 1.82) is 5.41 Å². The molecule has 0 spiro atoms. The molecule has 0 aromatic rings. The summed E-state index contributed by atoms with van der Waals surface area (Å²) in [5.41, 5.74) is 0.171. The number of carbonyl (C=O) groups excluding carboxylic acids is 1. The van der Waals surface area contributed by atoms with E-state index in [9.17, 15) is 13.2 Å². The number of hydrogen-bond acceptors (Lipinski definition) is 4. The molecule has 0 aliphatic rings. The van der Waals surface area contributed by atoms with Crippen LogP contribution in [0.15, 0.2) is 0 Å². The monoisotopic (exact) mass is 222 g/mol. The van der Waals surface area contributed by atoms with Crippen LogP contribution in [0.2, 0.25) is 0 Å². The van der Waals surface area contributed by atoms with E-state index in [2.05, 4.69) is 5.32 Å². The van der Waals surface area contributed by atoms with E-state index < -0.39 is 16.1 Å². The molecule has 0 heterocycles. The third-order valence-electron chi connectivity index (χ3n) is 1.13. The molecule has 0 atom stereocenters. The number of rotatable bonds is 4. The third-order valence-corrected chi connectivity index (χ3v) is 1.68. The number of hydrogen-bond donors (Lipinski definition) is 3. The first-order valence-corrected chi connectivity index (χ1v) is 5.66. The summed E-state index contributed by atoms with van der Waals surface area (Å²) in [7, 11) is -2.13. The van der Waals surface area contributed by atoms with Crippen molar-refractivity contribution in [3.05, 3.63) is 0 Å². The standard InChI is InChI=1S/C6H14N4O3S/c1-5(7)4-10(6(11)8-2)9-14(3,12)13/h7,9H,4H2,1-3H3,(H,8,11). The van der Waals surface area contributed by atoms with Crippen molar-refractivity contribution in [2.45, 2.75) is 6.92 Å². The first-order chi connectivity index (χ1) is 6.26. The second-order valence-corrected chi connectivity index (χ2v) is 4.51. The first kappa shape index (κ1) is 12.8. The highest BCUT2D eigenvalue weighted by atomic mass is 32.2. The van der Waals surface area contributed by atoms with Crippen molar-refractivity contribution in [3.63, 3.8) is 0 Å². The molecule has 0 aromatic carbocycles. The zero-order valence-electron chi connectivity index (χ0n) is 8.29. The van der Waals surface area contributed by atoms with Gasteiger partial charge in [-0.2, -0.15) is 0 Å². The Bertz CT molecular complexity index is 324. The molecule has 2 amide bonds. The second-order valence-electron chi connectivity index (χ2n) is 2.79. The van der Waals surface area contributed by atoms with Crippen LogP contribution in [0, 0.1) is 5.41 Å². The summed E-state index contributed by atoms with van der Waals surface area (Å²) in [5.74, 6) is 0. The van der Waals surface area contributed by atoms with Crippen molar-refractivity contribution >= 4 is 21.8 Å². The minimum absolute atomic E-state index is 0.0905. The molecule has 0 saturated carbocycles. The van der Waals surface area contributed by atoms with Gasteiger partial charge < -0.3 is 10.7 Å². The minimum atomic E-state index is -3.51. The van der Waals surface area contributed by atoms with E-state index >= 15 is 0 Å². The third kappa shape index (κ3) is 5.49. The van der Waals surface area contributed by atoms with Gasteiger partial charge in [0.05, 0.1) is 12.8 Å². The van der Waals surface area contributed by atoms with Gasteiger partial charge >= 0.3 is 6.03 Å². The summed E-state index contributed by atoms with van der Waals surface area (Å²) >= 11 is 0. The smallest absolute Gasteiger partial charge is 0.332 e. The van der Waals surface area contributed by atoms with E-state index in [1.54, 1.807) is 0 Å². The number of amides is 2. The number of nitrogens with one attached hydrogen (secondary N) is 3. The quantitative estimate of drug-likeness (QED) is 0.425. The van der Waals surface area contributed by atoms with Crippen LogP contribution in [-0.4, -0.2) is 45.0 Å². The van der Waals surface area contributed by atoms with Gasteiger partial charge in [-0.1, -0.05) is 0 Å². The Morgan fingerprint density at radius 1 is 1.50 bits per heavy atom. The Kier molecular flexibility index (Phi) is 4.51. The molecule has 0 aliphatic heterocycles. The van der Waals surface area contributed by atoms with Crippen molar-refractivity contribution < 1.29 is 13.2 Å². The van der Waals surface area contributed by atoms with Crippen LogP contribution in [0.4, 0.5) is 4.79 Å². The molecule has 0 fully saturated rings. The second kappa shape index (κ2) is 4.91. The number of nitrogens with zero attached hydrogens (tertiary/aromatic N) is 1. The highest BCUT2D eigenvalue weighted by Crippen LogP contribution is 1.88. The van der Waals surface area contributed by atoms with E-state index in [0.29, 0.717) is 0 Å². The lowest BCUT2D eigenvalue weighted by Crippen LogP contribution is -2.51. The van der Waals surface area contributed by atoms with E-state index in [4.69, 9.17) is 5.41 Å². The maximum Gasteiger partial charge on any atom is 0.332 e. The van der Waals surface area contributed by atoms with Crippen molar-refractivity contribution in [2.75, 3.05) is 19.8 Å². The van der Waals surface area contributed by atoms with Crippen LogP contribution in [0.25, 0.3) is 0 Å². The average Bonchev–Trinajstić information content (AvgIpc) is 1.98. The van der Waals surface area contributed by atoms with Crippen LogP contribution >= 0.6 is 0 Å². The summed E-state index contributed by atoms with van der Waals surface area (Å²) in [6.45, 7) is 1.38. The minimum Gasteiger partial charge on any atom is -0.340 e. The number of carbonyl (C=O) groups is 1. The number of sulfonamides is 1. The van der Waals surface area contributed by atoms with Crippen molar-refractivity contribution in [2.24, 2.45) is 0 Å². The normalized spacial score (nSPS) is 10.8. The molecular formula is C6H14N4O3S. The fraction of sp³-hybridized carbons (Fsp3) is 0.667. The average molecular weight is 222 g/mol. The molecule has 82 valence electrons. The molecule has 7 nitrogen and oxygen atoms in total. The summed E-state index contributed by atoms with van der Waals surface area (Å²) in [5, 5.41) is 10.2. The fourth-order valence-corrected chi connectivity index (χ4v) is 1.27. The number of hydrazine groups is 1. The molecule has 3 N–H and O–H groups in total. The van der Waals surface area contributed by atoms with E-state index in [1.807, 2.05) is 4.83 Å². The molecule has 0 aliphatic carbocycles. The molecule has 0 radical (unpaired) electrons. The molecule has 0 unspecified atom stereocenters. The maximum absolute atomic E-state index is 11.1. The molecule has 8 heteroatoms. The molecule has 14 heavy (non-hydrogen) atoms. The molecule has 0 saturated heterocycles. The maximum atomic E-state index is 11.1. The van der Waals surface area contributed by atoms with Crippen LogP contribution in [-0.2, 0) is 10.0 Å². The van der Waals surface area contributed by atoms with Crippen molar-refractivity contribution in [1.82, 2.24) is 15.2 Å². The van der Waals surface area contributed by atoms with Crippen molar-refractivity contribution in [3.8, 4) is 0 Å². The SMILES string of the molecule is CNC(=O)N(CC(C)=N)NS(C)(=O)=O. The highest BCUT2D eigenvalue weighted by Gasteiger charge is 2.16. The van der Waals surface area contributed by atoms with E-state index in [0.717, 1.165) is 11.3 Å². The zero-order valence-corrected chi connectivity index (χ0v) is 9.10. The predicted molar refractivity (Wildman–Crippen MR) is 52.5 cm³/mol. The topological polar surface area (TPSA) is 102 Å². The zero-order chi connectivity index (χ0) is 11.4. The van der Waals surface area contributed by atoms with E-state index in [1.165, 1.54) is 14.0 Å². The van der Waals surface area contributed by atoms with Gasteiger partial charge in [0.15, 0.2) is 0 Å². The van der Waals surface area contributed by atoms with E-state index in [-0.39, 0.29) is 12.3 Å². The van der Waals surface area contributed by atoms with Gasteiger partial charge in [0.25, 0.3) is 0 Å². The number of urea groups is 1. The molecule has 0 bridgehead atoms. The molecular weight excluding hydrogens is 208 g/mol. The van der Waals surface area contributed by atoms with Gasteiger partial charge in [0, 0.05) is 12.8 Å². The Morgan fingerprint density at radius 3 is 2.29 bits per heavy atom. The van der Waals surface area contributed by atoms with Gasteiger partial charge in [-0.25, -0.2) is 18.2 Å². The summed E-state index contributed by atoms with van der Waals surface area (Å²) in [4.78, 5) is 13.1. The Morgan fingerprint density at radius 2 is 2.00 bits per heavy atom. The lowest BCUT2D eigenvalue weighted by Gasteiger charge is -2.20. The first-order valence-electron chi connectivity index (χ1n) is 3.77. The van der Waals surface area contributed by atoms with Crippen LogP contribution < -0.4 is 10.1 Å². The van der Waals surface area contributed by atoms with Gasteiger partial charge in [-0.15, -0.1) is 4.83 Å². The molecule has 0 rings (SSSR count). The van der Waals surface area contributed by atoms with Gasteiger partial charge in [-0.3, -0.25) is 0 Å². The Labute approximate surface area is 83.0 Å². The largest absolute Gasteiger partial charge is 0.340 e. The summed E-state index contributed by atoms with van der Waals surface area (Å²) in [6, 6.07) is -0.609. The molecule has 0 aromatic heterocycles. The van der Waals surface area contributed by atoms with Crippen LogP contribution in [0.5, 0.6) is 0 Å². The lowest BCUT2D eigenvalue weighted by atomic mass is 10.4. The summed E-state index contributed by atoms with van der Waals surface area (Å²) in [6.07, 6.45) is 0.933. The summed E-state index contributed by atoms with van der Waals surface area (Å²) < 4.78 is 21.7. The Balaban J connectivity index is 4.56. The van der Waals surface area contributed by atoms with Crippen LogP contribution in [0.1, 0.15) is 6.92 Å².